The molecule has 1 heterocycles. The van der Waals surface area contributed by atoms with Gasteiger partial charge < -0.3 is 19.9 Å². The van der Waals surface area contributed by atoms with Gasteiger partial charge in [-0.15, -0.1) is 0 Å². The first-order valence-electron chi connectivity index (χ1n) is 7.15. The molecule has 0 bridgehead atoms. The first-order chi connectivity index (χ1) is 9.63. The summed E-state index contributed by atoms with van der Waals surface area (Å²) in [6, 6.07) is 6.00. The third kappa shape index (κ3) is 3.22. The van der Waals surface area contributed by atoms with Crippen LogP contribution in [0, 0.1) is 0 Å². The number of aryl methyl sites for hydroxylation is 1. The molecule has 110 valence electrons. The number of ether oxygens (including phenoxy) is 1. The molecule has 5 nitrogen and oxygen atoms in total. The van der Waals surface area contributed by atoms with E-state index < -0.39 is 0 Å². The molecule has 0 fully saturated rings. The van der Waals surface area contributed by atoms with E-state index in [1.165, 1.54) is 0 Å². The maximum absolute atomic E-state index is 6.05. The van der Waals surface area contributed by atoms with Crippen LogP contribution < -0.4 is 10.5 Å². The van der Waals surface area contributed by atoms with Crippen LogP contribution in [0.5, 0.6) is 5.75 Å². The number of aromatic nitrogens is 2. The second-order valence-electron chi connectivity index (χ2n) is 5.25. The molecule has 2 rings (SSSR count). The normalized spacial score (nSPS) is 11.4. The summed E-state index contributed by atoms with van der Waals surface area (Å²) in [6.07, 6.45) is 2.03. The Morgan fingerprint density at radius 3 is 2.85 bits per heavy atom. The van der Waals surface area contributed by atoms with Gasteiger partial charge >= 0.3 is 0 Å². The zero-order valence-electron chi connectivity index (χ0n) is 12.6. The van der Waals surface area contributed by atoms with Crippen molar-refractivity contribution in [3.8, 4) is 5.75 Å². The molecule has 1 aromatic carbocycles. The number of rotatable bonds is 7. The SMILES string of the molecule is CCCOc1cccc2c1nc(N)n2CCCN(C)C. The lowest BCUT2D eigenvalue weighted by atomic mass is 10.3. The Balaban J connectivity index is 2.24. The molecule has 2 aromatic rings. The molecule has 1 aromatic heterocycles. The third-order valence-corrected chi connectivity index (χ3v) is 3.22. The van der Waals surface area contributed by atoms with E-state index in [2.05, 4.69) is 35.5 Å². The molecule has 5 heteroatoms. The van der Waals surface area contributed by atoms with Gasteiger partial charge in [0, 0.05) is 6.54 Å². The van der Waals surface area contributed by atoms with Crippen molar-refractivity contribution in [3.63, 3.8) is 0 Å². The number of fused-ring (bicyclic) bond motifs is 1. The van der Waals surface area contributed by atoms with Gasteiger partial charge in [0.2, 0.25) is 5.95 Å². The van der Waals surface area contributed by atoms with Gasteiger partial charge in [0.05, 0.1) is 12.1 Å². The maximum Gasteiger partial charge on any atom is 0.201 e. The lowest BCUT2D eigenvalue weighted by Gasteiger charge is -2.11. The van der Waals surface area contributed by atoms with Gasteiger partial charge in [0.15, 0.2) is 0 Å². The highest BCUT2D eigenvalue weighted by molar-refractivity contribution is 5.84. The highest BCUT2D eigenvalue weighted by Gasteiger charge is 2.12. The fourth-order valence-corrected chi connectivity index (χ4v) is 2.25. The zero-order chi connectivity index (χ0) is 14.5. The van der Waals surface area contributed by atoms with E-state index in [9.17, 15) is 0 Å². The lowest BCUT2D eigenvalue weighted by molar-refractivity contribution is 0.320. The zero-order valence-corrected chi connectivity index (χ0v) is 12.6. The summed E-state index contributed by atoms with van der Waals surface area (Å²) in [7, 11) is 4.15. The summed E-state index contributed by atoms with van der Waals surface area (Å²) >= 11 is 0. The van der Waals surface area contributed by atoms with Crippen molar-refractivity contribution in [2.24, 2.45) is 0 Å². The monoisotopic (exact) mass is 276 g/mol. The smallest absolute Gasteiger partial charge is 0.201 e. The molecule has 2 N–H and O–H groups in total. The number of hydrogen-bond acceptors (Lipinski definition) is 4. The third-order valence-electron chi connectivity index (χ3n) is 3.22. The van der Waals surface area contributed by atoms with Crippen LogP contribution in [0.1, 0.15) is 19.8 Å². The molecule has 0 saturated heterocycles. The van der Waals surface area contributed by atoms with Crippen molar-refractivity contribution >= 4 is 17.0 Å². The van der Waals surface area contributed by atoms with Gasteiger partial charge in [0.25, 0.3) is 0 Å². The van der Waals surface area contributed by atoms with E-state index in [0.29, 0.717) is 12.6 Å². The molecule has 0 amide bonds. The van der Waals surface area contributed by atoms with Crippen molar-refractivity contribution < 1.29 is 4.74 Å². The number of para-hydroxylation sites is 1. The number of imidazole rings is 1. The first-order valence-corrected chi connectivity index (χ1v) is 7.15. The predicted molar refractivity (Wildman–Crippen MR) is 83.1 cm³/mol. The van der Waals surface area contributed by atoms with E-state index in [4.69, 9.17) is 10.5 Å². The molecule has 0 aliphatic rings. The summed E-state index contributed by atoms with van der Waals surface area (Å²) in [6.45, 7) is 4.70. The molecule has 0 radical (unpaired) electrons. The number of hydrogen-bond donors (Lipinski definition) is 1. The van der Waals surface area contributed by atoms with Crippen molar-refractivity contribution in [3.05, 3.63) is 18.2 Å². The molecule has 0 unspecified atom stereocenters. The van der Waals surface area contributed by atoms with Gasteiger partial charge in [-0.3, -0.25) is 0 Å². The Bertz CT molecular complexity index is 562. The van der Waals surface area contributed by atoms with E-state index in [1.54, 1.807) is 0 Å². The van der Waals surface area contributed by atoms with Crippen LogP contribution in [0.25, 0.3) is 11.0 Å². The number of anilines is 1. The molecule has 20 heavy (non-hydrogen) atoms. The number of nitrogen functional groups attached to an aromatic ring is 1. The Kier molecular flexibility index (Phi) is 4.84. The van der Waals surface area contributed by atoms with Crippen LogP contribution in [0.2, 0.25) is 0 Å². The fourth-order valence-electron chi connectivity index (χ4n) is 2.25. The summed E-state index contributed by atoms with van der Waals surface area (Å²) in [5, 5.41) is 0. The number of nitrogens with zero attached hydrogens (tertiary/aromatic N) is 3. The van der Waals surface area contributed by atoms with Gasteiger partial charge in [-0.1, -0.05) is 13.0 Å². The molecule has 0 saturated carbocycles. The quantitative estimate of drug-likeness (QED) is 0.843. The number of nitrogens with two attached hydrogens (primary N) is 1. The van der Waals surface area contributed by atoms with Gasteiger partial charge in [-0.05, 0) is 45.6 Å². The van der Waals surface area contributed by atoms with Crippen molar-refractivity contribution in [1.29, 1.82) is 0 Å². The predicted octanol–water partition coefficient (Wildman–Crippen LogP) is 2.36. The average Bonchev–Trinajstić information content (AvgIpc) is 2.73. The Morgan fingerprint density at radius 2 is 2.15 bits per heavy atom. The molecule has 0 aliphatic carbocycles. The summed E-state index contributed by atoms with van der Waals surface area (Å²) in [4.78, 5) is 6.64. The highest BCUT2D eigenvalue weighted by Crippen LogP contribution is 2.27. The van der Waals surface area contributed by atoms with Crippen LogP contribution in [0.15, 0.2) is 18.2 Å². The second kappa shape index (κ2) is 6.61. The van der Waals surface area contributed by atoms with Crippen LogP contribution in [-0.4, -0.2) is 41.7 Å². The maximum atomic E-state index is 6.05. The number of benzene rings is 1. The minimum atomic E-state index is 0.561. The largest absolute Gasteiger partial charge is 0.491 e. The van der Waals surface area contributed by atoms with E-state index in [-0.39, 0.29) is 0 Å². The molecule has 0 spiro atoms. The second-order valence-corrected chi connectivity index (χ2v) is 5.25. The van der Waals surface area contributed by atoms with Crippen LogP contribution in [-0.2, 0) is 6.54 Å². The topological polar surface area (TPSA) is 56.3 Å². The van der Waals surface area contributed by atoms with Crippen molar-refractivity contribution in [2.75, 3.05) is 33.0 Å². The standard InChI is InChI=1S/C15H24N4O/c1-4-11-20-13-8-5-7-12-14(13)17-15(16)19(12)10-6-9-18(2)3/h5,7-8H,4,6,9-11H2,1-3H3,(H2,16,17). The minimum absolute atomic E-state index is 0.561. The lowest BCUT2D eigenvalue weighted by Crippen LogP contribution is -2.15. The average molecular weight is 276 g/mol. The summed E-state index contributed by atoms with van der Waals surface area (Å²) in [5.74, 6) is 1.38. The summed E-state index contributed by atoms with van der Waals surface area (Å²) < 4.78 is 7.81. The van der Waals surface area contributed by atoms with Gasteiger partial charge in [-0.25, -0.2) is 4.98 Å². The molecular formula is C15H24N4O. The van der Waals surface area contributed by atoms with Crippen molar-refractivity contribution in [2.45, 2.75) is 26.3 Å². The van der Waals surface area contributed by atoms with Crippen molar-refractivity contribution in [1.82, 2.24) is 14.5 Å². The van der Waals surface area contributed by atoms with Gasteiger partial charge in [-0.2, -0.15) is 0 Å². The van der Waals surface area contributed by atoms with Crippen LogP contribution in [0.4, 0.5) is 5.95 Å². The Hall–Kier alpha value is -1.75. The van der Waals surface area contributed by atoms with E-state index in [1.807, 2.05) is 18.2 Å². The van der Waals surface area contributed by atoms with Crippen LogP contribution in [0.3, 0.4) is 0 Å². The minimum Gasteiger partial charge on any atom is -0.491 e. The van der Waals surface area contributed by atoms with Gasteiger partial charge in [0.1, 0.15) is 11.3 Å². The first kappa shape index (κ1) is 14.7. The van der Waals surface area contributed by atoms with E-state index in [0.717, 1.165) is 42.7 Å². The highest BCUT2D eigenvalue weighted by atomic mass is 16.5. The Labute approximate surface area is 120 Å². The Morgan fingerprint density at radius 1 is 1.35 bits per heavy atom. The molecule has 0 atom stereocenters. The fraction of sp³-hybridized carbons (Fsp3) is 0.533. The van der Waals surface area contributed by atoms with E-state index >= 15 is 0 Å². The molecular weight excluding hydrogens is 252 g/mol. The molecule has 0 aliphatic heterocycles. The summed E-state index contributed by atoms with van der Waals surface area (Å²) in [5.41, 5.74) is 7.97. The van der Waals surface area contributed by atoms with Crippen LogP contribution >= 0.6 is 0 Å².